The zero-order valence-corrected chi connectivity index (χ0v) is 17.0. The van der Waals surface area contributed by atoms with Gasteiger partial charge < -0.3 is 19.5 Å². The van der Waals surface area contributed by atoms with Gasteiger partial charge in [0.25, 0.3) is 5.91 Å². The van der Waals surface area contributed by atoms with Gasteiger partial charge in [0.05, 0.1) is 14.2 Å². The summed E-state index contributed by atoms with van der Waals surface area (Å²) in [6, 6.07) is 13.1. The van der Waals surface area contributed by atoms with Gasteiger partial charge in [0.1, 0.15) is 5.75 Å². The van der Waals surface area contributed by atoms with Crippen LogP contribution in [0, 0.1) is 0 Å². The molecular formula is C22H29NO4. The Morgan fingerprint density at radius 1 is 1.00 bits per heavy atom. The molecule has 0 aliphatic carbocycles. The molecule has 2 aromatic rings. The lowest BCUT2D eigenvalue weighted by molar-refractivity contribution is -0.122. The second-order valence-corrected chi connectivity index (χ2v) is 7.35. The van der Waals surface area contributed by atoms with Gasteiger partial charge in [-0.25, -0.2) is 0 Å². The number of ether oxygens (including phenoxy) is 3. The molecule has 1 N–H and O–H groups in total. The van der Waals surface area contributed by atoms with E-state index in [1.54, 1.807) is 32.4 Å². The Hall–Kier alpha value is -2.69. The number of benzene rings is 2. The Labute approximate surface area is 161 Å². The minimum atomic E-state index is -0.585. The number of hydrogen-bond acceptors (Lipinski definition) is 4. The van der Waals surface area contributed by atoms with Gasteiger partial charge in [-0.15, -0.1) is 0 Å². The quantitative estimate of drug-likeness (QED) is 0.760. The topological polar surface area (TPSA) is 56.8 Å². The van der Waals surface area contributed by atoms with Gasteiger partial charge in [-0.3, -0.25) is 4.79 Å². The van der Waals surface area contributed by atoms with Crippen molar-refractivity contribution in [2.45, 2.75) is 45.6 Å². The zero-order valence-electron chi connectivity index (χ0n) is 17.0. The van der Waals surface area contributed by atoms with E-state index in [2.05, 4.69) is 26.1 Å². The Morgan fingerprint density at radius 3 is 2.15 bits per heavy atom. The summed E-state index contributed by atoms with van der Waals surface area (Å²) in [4.78, 5) is 12.6. The van der Waals surface area contributed by atoms with Crippen molar-refractivity contribution < 1.29 is 19.0 Å². The lowest BCUT2D eigenvalue weighted by Gasteiger charge is -2.21. The highest BCUT2D eigenvalue weighted by atomic mass is 16.5. The van der Waals surface area contributed by atoms with Crippen LogP contribution in [0.25, 0.3) is 0 Å². The molecule has 1 atom stereocenters. The first-order valence-corrected chi connectivity index (χ1v) is 9.08. The van der Waals surface area contributed by atoms with Gasteiger partial charge in [0.15, 0.2) is 17.6 Å². The van der Waals surface area contributed by atoms with E-state index < -0.39 is 6.10 Å². The fourth-order valence-corrected chi connectivity index (χ4v) is 2.66. The van der Waals surface area contributed by atoms with Gasteiger partial charge in [-0.2, -0.15) is 0 Å². The Bertz CT molecular complexity index is 763. The highest BCUT2D eigenvalue weighted by Gasteiger charge is 2.20. The minimum Gasteiger partial charge on any atom is -0.493 e. The molecule has 0 spiro atoms. The van der Waals surface area contributed by atoms with Crippen molar-refractivity contribution in [3.63, 3.8) is 0 Å². The summed E-state index contributed by atoms with van der Waals surface area (Å²) < 4.78 is 16.4. The summed E-state index contributed by atoms with van der Waals surface area (Å²) in [6.07, 6.45) is -0.0289. The highest BCUT2D eigenvalue weighted by Crippen LogP contribution is 2.30. The Balaban J connectivity index is 2.07. The molecule has 0 saturated carbocycles. The number of rotatable bonds is 7. The Kier molecular flexibility index (Phi) is 6.72. The number of carbonyl (C=O) groups excluding carboxylic acids is 1. The van der Waals surface area contributed by atoms with Crippen LogP contribution in [0.1, 0.15) is 39.7 Å². The molecule has 2 rings (SSSR count). The van der Waals surface area contributed by atoms with E-state index in [4.69, 9.17) is 14.2 Å². The first-order valence-electron chi connectivity index (χ1n) is 9.08. The van der Waals surface area contributed by atoms with E-state index in [9.17, 15) is 4.79 Å². The van der Waals surface area contributed by atoms with Crippen molar-refractivity contribution in [3.8, 4) is 17.2 Å². The van der Waals surface area contributed by atoms with Crippen molar-refractivity contribution >= 4 is 11.6 Å². The van der Waals surface area contributed by atoms with Gasteiger partial charge >= 0.3 is 0 Å². The third kappa shape index (κ3) is 5.39. The van der Waals surface area contributed by atoms with E-state index in [0.29, 0.717) is 29.4 Å². The first kappa shape index (κ1) is 20.6. The van der Waals surface area contributed by atoms with E-state index >= 15 is 0 Å². The largest absolute Gasteiger partial charge is 0.493 e. The third-order valence-corrected chi connectivity index (χ3v) is 4.31. The molecule has 0 heterocycles. The average molecular weight is 371 g/mol. The van der Waals surface area contributed by atoms with Gasteiger partial charge in [-0.05, 0) is 41.7 Å². The monoisotopic (exact) mass is 371 g/mol. The van der Waals surface area contributed by atoms with Crippen LogP contribution < -0.4 is 19.5 Å². The zero-order chi connectivity index (χ0) is 20.0. The van der Waals surface area contributed by atoms with E-state index in [0.717, 1.165) is 0 Å². The lowest BCUT2D eigenvalue weighted by atomic mass is 9.87. The molecule has 0 bridgehead atoms. The number of nitrogens with one attached hydrogen (secondary N) is 1. The second-order valence-electron chi connectivity index (χ2n) is 7.35. The van der Waals surface area contributed by atoms with Crippen molar-refractivity contribution in [2.24, 2.45) is 0 Å². The van der Waals surface area contributed by atoms with Crippen molar-refractivity contribution in [1.82, 2.24) is 0 Å². The van der Waals surface area contributed by atoms with Crippen LogP contribution in [0.2, 0.25) is 0 Å². The standard InChI is InChI=1S/C22H29NO4/c1-7-18(27-17-11-8-15(9-12-17)22(2,3)4)21(24)23-16-10-13-19(25-5)20(14-16)26-6/h8-14,18H,7H2,1-6H3,(H,23,24). The number of carbonyl (C=O) groups is 1. The molecule has 1 amide bonds. The van der Waals surface area contributed by atoms with E-state index in [1.807, 2.05) is 31.2 Å². The maximum atomic E-state index is 12.6. The van der Waals surface area contributed by atoms with Crippen LogP contribution in [0.15, 0.2) is 42.5 Å². The molecule has 0 aromatic heterocycles. The van der Waals surface area contributed by atoms with Gasteiger partial charge in [0, 0.05) is 11.8 Å². The normalized spacial score (nSPS) is 12.2. The molecule has 0 fully saturated rings. The van der Waals surface area contributed by atoms with Crippen LogP contribution in [0.5, 0.6) is 17.2 Å². The number of hydrogen-bond donors (Lipinski definition) is 1. The van der Waals surface area contributed by atoms with E-state index in [-0.39, 0.29) is 11.3 Å². The molecule has 0 aliphatic rings. The lowest BCUT2D eigenvalue weighted by Crippen LogP contribution is -2.32. The molecule has 0 aliphatic heterocycles. The molecule has 0 saturated heterocycles. The van der Waals surface area contributed by atoms with Crippen molar-refractivity contribution in [2.75, 3.05) is 19.5 Å². The Morgan fingerprint density at radius 2 is 1.63 bits per heavy atom. The number of amides is 1. The molecule has 5 heteroatoms. The predicted octanol–water partition coefficient (Wildman–Crippen LogP) is 4.80. The van der Waals surface area contributed by atoms with Crippen LogP contribution in [0.4, 0.5) is 5.69 Å². The second kappa shape index (κ2) is 8.80. The highest BCUT2D eigenvalue weighted by molar-refractivity contribution is 5.94. The predicted molar refractivity (Wildman–Crippen MR) is 108 cm³/mol. The fourth-order valence-electron chi connectivity index (χ4n) is 2.66. The van der Waals surface area contributed by atoms with Crippen LogP contribution in [0.3, 0.4) is 0 Å². The summed E-state index contributed by atoms with van der Waals surface area (Å²) in [5.41, 5.74) is 1.92. The van der Waals surface area contributed by atoms with Crippen LogP contribution in [-0.4, -0.2) is 26.2 Å². The maximum Gasteiger partial charge on any atom is 0.265 e. The van der Waals surface area contributed by atoms with Gasteiger partial charge in [-0.1, -0.05) is 39.8 Å². The number of methoxy groups -OCH3 is 2. The molecule has 5 nitrogen and oxygen atoms in total. The summed E-state index contributed by atoms with van der Waals surface area (Å²) in [5.74, 6) is 1.64. The fraction of sp³-hybridized carbons (Fsp3) is 0.409. The van der Waals surface area contributed by atoms with Crippen molar-refractivity contribution in [1.29, 1.82) is 0 Å². The van der Waals surface area contributed by atoms with Crippen LogP contribution >= 0.6 is 0 Å². The third-order valence-electron chi connectivity index (χ3n) is 4.31. The molecule has 1 unspecified atom stereocenters. The first-order chi connectivity index (χ1) is 12.8. The molecule has 27 heavy (non-hydrogen) atoms. The molecule has 146 valence electrons. The molecular weight excluding hydrogens is 342 g/mol. The smallest absolute Gasteiger partial charge is 0.265 e. The molecule has 0 radical (unpaired) electrons. The molecule has 2 aromatic carbocycles. The summed E-state index contributed by atoms with van der Waals surface area (Å²) in [7, 11) is 3.13. The van der Waals surface area contributed by atoms with Crippen LogP contribution in [-0.2, 0) is 10.2 Å². The maximum absolute atomic E-state index is 12.6. The minimum absolute atomic E-state index is 0.0769. The summed E-state index contributed by atoms with van der Waals surface area (Å²) in [6.45, 7) is 8.40. The number of anilines is 1. The SMILES string of the molecule is CCC(Oc1ccc(C(C)(C)C)cc1)C(=O)Nc1ccc(OC)c(OC)c1. The summed E-state index contributed by atoms with van der Waals surface area (Å²) >= 11 is 0. The van der Waals surface area contributed by atoms with Gasteiger partial charge in [0.2, 0.25) is 0 Å². The average Bonchev–Trinajstić information content (AvgIpc) is 2.65. The van der Waals surface area contributed by atoms with Crippen molar-refractivity contribution in [3.05, 3.63) is 48.0 Å². The van der Waals surface area contributed by atoms with E-state index in [1.165, 1.54) is 5.56 Å². The summed E-state index contributed by atoms with van der Waals surface area (Å²) in [5, 5.41) is 2.88.